The van der Waals surface area contributed by atoms with Crippen molar-refractivity contribution >= 4 is 23.5 Å². The maximum Gasteiger partial charge on any atom is 0.416 e. The molecule has 2 rings (SSSR count). The number of hydrogen-bond donors (Lipinski definition) is 1. The van der Waals surface area contributed by atoms with E-state index in [1.54, 1.807) is 0 Å². The van der Waals surface area contributed by atoms with Crippen LogP contribution in [0.2, 0.25) is 5.02 Å². The van der Waals surface area contributed by atoms with E-state index in [-0.39, 0.29) is 23.5 Å². The molecule has 4 nitrogen and oxygen atoms in total. The van der Waals surface area contributed by atoms with Gasteiger partial charge in [0.05, 0.1) is 17.7 Å². The molecule has 0 atom stereocenters. The highest BCUT2D eigenvalue weighted by molar-refractivity contribution is 6.33. The molecule has 0 aliphatic rings. The highest BCUT2D eigenvalue weighted by atomic mass is 35.5. The molecular formula is C20H17ClF4O4. The topological polar surface area (TPSA) is 55.8 Å². The van der Waals surface area contributed by atoms with Crippen LogP contribution in [0.5, 0.6) is 11.5 Å². The van der Waals surface area contributed by atoms with Crippen LogP contribution in [0.1, 0.15) is 27.9 Å². The lowest BCUT2D eigenvalue weighted by Crippen LogP contribution is -2.07. The molecule has 0 amide bonds. The first-order valence-electron chi connectivity index (χ1n) is 8.37. The molecular weight excluding hydrogens is 416 g/mol. The number of ketones is 1. The molecule has 0 saturated heterocycles. The number of rotatable bonds is 8. The second-order valence-electron chi connectivity index (χ2n) is 5.90. The number of phenolic OH excluding ortho intramolecular Hbond substituents is 1. The van der Waals surface area contributed by atoms with Gasteiger partial charge in [0.25, 0.3) is 0 Å². The first kappa shape index (κ1) is 22.7. The van der Waals surface area contributed by atoms with Gasteiger partial charge in [0, 0.05) is 25.7 Å². The number of halogens is 5. The van der Waals surface area contributed by atoms with Crippen LogP contribution in [-0.4, -0.2) is 31.2 Å². The molecule has 2 aromatic carbocycles. The monoisotopic (exact) mass is 432 g/mol. The summed E-state index contributed by atoms with van der Waals surface area (Å²) in [5.41, 5.74) is -0.927. The van der Waals surface area contributed by atoms with Gasteiger partial charge in [-0.05, 0) is 36.4 Å². The fourth-order valence-electron chi connectivity index (χ4n) is 2.35. The van der Waals surface area contributed by atoms with Crippen LogP contribution in [0.4, 0.5) is 17.6 Å². The predicted octanol–water partition coefficient (Wildman–Crippen LogP) is 5.51. The van der Waals surface area contributed by atoms with Crippen molar-refractivity contribution in [3.8, 4) is 11.5 Å². The van der Waals surface area contributed by atoms with Crippen LogP contribution in [0.25, 0.3) is 6.08 Å². The summed E-state index contributed by atoms with van der Waals surface area (Å²) in [4.78, 5) is 12.3. The van der Waals surface area contributed by atoms with E-state index >= 15 is 0 Å². The van der Waals surface area contributed by atoms with Crippen LogP contribution in [0.15, 0.2) is 36.4 Å². The quantitative estimate of drug-likeness (QED) is 0.258. The molecule has 1 N–H and O–H groups in total. The van der Waals surface area contributed by atoms with E-state index in [2.05, 4.69) is 0 Å². The maximum atomic E-state index is 13.3. The van der Waals surface area contributed by atoms with Gasteiger partial charge in [-0.25, -0.2) is 4.39 Å². The van der Waals surface area contributed by atoms with Crippen molar-refractivity contribution in [2.45, 2.75) is 12.6 Å². The molecule has 0 unspecified atom stereocenters. The average Bonchev–Trinajstić information content (AvgIpc) is 2.67. The minimum absolute atomic E-state index is 0.0682. The van der Waals surface area contributed by atoms with E-state index in [1.165, 1.54) is 13.2 Å². The number of ether oxygens (including phenoxy) is 2. The minimum Gasteiger partial charge on any atom is -0.505 e. The van der Waals surface area contributed by atoms with E-state index in [0.717, 1.165) is 36.4 Å². The lowest BCUT2D eigenvalue weighted by atomic mass is 10.1. The summed E-state index contributed by atoms with van der Waals surface area (Å²) >= 11 is 5.57. The zero-order chi connectivity index (χ0) is 21.6. The molecule has 0 aromatic heterocycles. The molecule has 156 valence electrons. The third-order valence-corrected chi connectivity index (χ3v) is 4.20. The van der Waals surface area contributed by atoms with E-state index in [4.69, 9.17) is 21.1 Å². The summed E-state index contributed by atoms with van der Waals surface area (Å²) in [6, 6.07) is 4.83. The van der Waals surface area contributed by atoms with E-state index in [0.29, 0.717) is 13.0 Å². The number of methoxy groups -OCH3 is 1. The van der Waals surface area contributed by atoms with Gasteiger partial charge in [0.1, 0.15) is 22.3 Å². The summed E-state index contributed by atoms with van der Waals surface area (Å²) in [6.45, 7) is 0.478. The Balaban J connectivity index is 2.30. The summed E-state index contributed by atoms with van der Waals surface area (Å²) in [6.07, 6.45) is -1.84. The summed E-state index contributed by atoms with van der Waals surface area (Å²) in [5.74, 6) is -2.39. The van der Waals surface area contributed by atoms with Crippen molar-refractivity contribution in [3.05, 3.63) is 63.9 Å². The number of hydrogen-bond acceptors (Lipinski definition) is 4. The van der Waals surface area contributed by atoms with Gasteiger partial charge < -0.3 is 14.6 Å². The Labute approximate surface area is 169 Å². The molecule has 0 saturated carbocycles. The van der Waals surface area contributed by atoms with Crippen LogP contribution >= 0.6 is 11.6 Å². The average molecular weight is 433 g/mol. The van der Waals surface area contributed by atoms with Crippen molar-refractivity contribution in [2.75, 3.05) is 20.3 Å². The molecule has 2 aromatic rings. The highest BCUT2D eigenvalue weighted by Crippen LogP contribution is 2.34. The van der Waals surface area contributed by atoms with E-state index < -0.39 is 34.1 Å². The standard InChI is InChI=1S/C20H17ClF4O4/c1-28-9-2-10-29-17-11-13(20(23,24)25)5-3-12(17)4-8-16(26)14-6-7-15(22)18(21)19(14)27/h3-8,11,27H,2,9-10H2,1H3/b8-4+. The van der Waals surface area contributed by atoms with Gasteiger partial charge >= 0.3 is 6.18 Å². The molecule has 0 fully saturated rings. The van der Waals surface area contributed by atoms with Gasteiger partial charge in [-0.1, -0.05) is 17.7 Å². The molecule has 0 radical (unpaired) electrons. The van der Waals surface area contributed by atoms with Gasteiger partial charge in [0.15, 0.2) is 5.78 Å². The molecule has 0 bridgehead atoms. The smallest absolute Gasteiger partial charge is 0.416 e. The Hall–Kier alpha value is -2.58. The molecule has 0 aliphatic heterocycles. The third-order valence-electron chi connectivity index (χ3n) is 3.84. The van der Waals surface area contributed by atoms with Crippen molar-refractivity contribution in [3.63, 3.8) is 0 Å². The van der Waals surface area contributed by atoms with Crippen molar-refractivity contribution in [1.82, 2.24) is 0 Å². The maximum absolute atomic E-state index is 13.3. The molecule has 29 heavy (non-hydrogen) atoms. The van der Waals surface area contributed by atoms with Gasteiger partial charge in [-0.15, -0.1) is 0 Å². The Morgan fingerprint density at radius 1 is 1.21 bits per heavy atom. The Morgan fingerprint density at radius 2 is 1.93 bits per heavy atom. The normalized spacial score (nSPS) is 11.8. The number of carbonyl (C=O) groups is 1. The first-order valence-corrected chi connectivity index (χ1v) is 8.75. The highest BCUT2D eigenvalue weighted by Gasteiger charge is 2.31. The number of aromatic hydroxyl groups is 1. The molecule has 0 aliphatic carbocycles. The Morgan fingerprint density at radius 3 is 2.59 bits per heavy atom. The Bertz CT molecular complexity index is 910. The van der Waals surface area contributed by atoms with Crippen LogP contribution in [-0.2, 0) is 10.9 Å². The lowest BCUT2D eigenvalue weighted by molar-refractivity contribution is -0.137. The second kappa shape index (κ2) is 9.76. The number of benzene rings is 2. The summed E-state index contributed by atoms with van der Waals surface area (Å²) < 4.78 is 62.5. The number of alkyl halides is 3. The van der Waals surface area contributed by atoms with Crippen LogP contribution in [0, 0.1) is 5.82 Å². The van der Waals surface area contributed by atoms with Crippen molar-refractivity contribution in [1.29, 1.82) is 0 Å². The largest absolute Gasteiger partial charge is 0.505 e. The van der Waals surface area contributed by atoms with Crippen molar-refractivity contribution < 1.29 is 36.9 Å². The van der Waals surface area contributed by atoms with Crippen molar-refractivity contribution in [2.24, 2.45) is 0 Å². The zero-order valence-corrected chi connectivity index (χ0v) is 16.0. The van der Waals surface area contributed by atoms with E-state index in [9.17, 15) is 27.5 Å². The van der Waals surface area contributed by atoms with Gasteiger partial charge in [0.2, 0.25) is 0 Å². The second-order valence-corrected chi connectivity index (χ2v) is 6.28. The first-order chi connectivity index (χ1) is 13.6. The zero-order valence-electron chi connectivity index (χ0n) is 15.2. The van der Waals surface area contributed by atoms with Crippen LogP contribution in [0.3, 0.4) is 0 Å². The number of phenols is 1. The minimum atomic E-state index is -4.56. The third kappa shape index (κ3) is 5.95. The van der Waals surface area contributed by atoms with Crippen LogP contribution < -0.4 is 4.74 Å². The predicted molar refractivity (Wildman–Crippen MR) is 99.9 cm³/mol. The SMILES string of the molecule is COCCCOc1cc(C(F)(F)F)ccc1/C=C/C(=O)c1ccc(F)c(Cl)c1O. The molecule has 0 heterocycles. The fourth-order valence-corrected chi connectivity index (χ4v) is 2.52. The molecule has 0 spiro atoms. The summed E-state index contributed by atoms with van der Waals surface area (Å²) in [5, 5.41) is 9.21. The number of allylic oxidation sites excluding steroid dienone is 1. The molecule has 9 heteroatoms. The number of carbonyl (C=O) groups excluding carboxylic acids is 1. The fraction of sp³-hybridized carbons (Fsp3) is 0.250. The van der Waals surface area contributed by atoms with E-state index in [1.807, 2.05) is 0 Å². The summed E-state index contributed by atoms with van der Waals surface area (Å²) in [7, 11) is 1.49. The van der Waals surface area contributed by atoms with Gasteiger partial charge in [-0.3, -0.25) is 4.79 Å². The van der Waals surface area contributed by atoms with Gasteiger partial charge in [-0.2, -0.15) is 13.2 Å². The Kier molecular flexibility index (Phi) is 7.64. The lowest BCUT2D eigenvalue weighted by Gasteiger charge is -2.13.